The van der Waals surface area contributed by atoms with Gasteiger partial charge in [-0.25, -0.2) is 9.37 Å². The Hall–Kier alpha value is -1.85. The third-order valence-electron chi connectivity index (χ3n) is 4.09. The molecule has 0 unspecified atom stereocenters. The van der Waals surface area contributed by atoms with Gasteiger partial charge in [0.1, 0.15) is 5.82 Å². The Morgan fingerprint density at radius 1 is 1.21 bits per heavy atom. The summed E-state index contributed by atoms with van der Waals surface area (Å²) in [5.41, 5.74) is 1.08. The molecule has 4 rings (SSSR count). The quantitative estimate of drug-likeness (QED) is 0.494. The molecule has 6 heteroatoms. The van der Waals surface area contributed by atoms with Crippen molar-refractivity contribution < 1.29 is 4.39 Å². The molecule has 0 bridgehead atoms. The van der Waals surface area contributed by atoms with Gasteiger partial charge in [-0.1, -0.05) is 41.6 Å². The molecule has 122 valence electrons. The number of halogens is 2. The van der Waals surface area contributed by atoms with E-state index < -0.39 is 0 Å². The molecule has 0 atom stereocenters. The van der Waals surface area contributed by atoms with Gasteiger partial charge in [0.25, 0.3) is 5.56 Å². The minimum Gasteiger partial charge on any atom is -0.284 e. The summed E-state index contributed by atoms with van der Waals surface area (Å²) in [6.07, 6.45) is 1.96. The van der Waals surface area contributed by atoms with Crippen molar-refractivity contribution in [2.24, 2.45) is 0 Å². The smallest absolute Gasteiger partial charge is 0.262 e. The minimum atomic E-state index is -0.337. The Bertz CT molecular complexity index is 964. The largest absolute Gasteiger partial charge is 0.284 e. The average Bonchev–Trinajstić information content (AvgIpc) is 3.39. The van der Waals surface area contributed by atoms with Gasteiger partial charge in [0, 0.05) is 22.4 Å². The van der Waals surface area contributed by atoms with Crippen LogP contribution < -0.4 is 5.56 Å². The molecule has 0 saturated heterocycles. The Morgan fingerprint density at radius 2 is 2.00 bits per heavy atom. The molecule has 0 amide bonds. The fourth-order valence-electron chi connectivity index (χ4n) is 2.69. The maximum absolute atomic E-state index is 14.0. The van der Waals surface area contributed by atoms with Crippen LogP contribution in [-0.4, -0.2) is 9.55 Å². The molecule has 0 aliphatic heterocycles. The second-order valence-electron chi connectivity index (χ2n) is 5.81. The van der Waals surface area contributed by atoms with E-state index in [2.05, 4.69) is 4.98 Å². The van der Waals surface area contributed by atoms with Gasteiger partial charge in [0.2, 0.25) is 0 Å². The van der Waals surface area contributed by atoms with Crippen molar-refractivity contribution in [3.63, 3.8) is 0 Å². The van der Waals surface area contributed by atoms with E-state index in [9.17, 15) is 9.18 Å². The van der Waals surface area contributed by atoms with E-state index in [1.807, 2.05) is 18.2 Å². The monoisotopic (exact) mass is 360 g/mol. The molecule has 2 aromatic carbocycles. The van der Waals surface area contributed by atoms with E-state index in [1.165, 1.54) is 17.8 Å². The van der Waals surface area contributed by atoms with Gasteiger partial charge in [-0.15, -0.1) is 0 Å². The Kier molecular flexibility index (Phi) is 4.06. The Balaban J connectivity index is 1.76. The molecule has 0 spiro atoms. The molecular formula is C18H14ClFN2OS. The number of rotatable bonds is 4. The first kappa shape index (κ1) is 15.7. The maximum Gasteiger partial charge on any atom is 0.262 e. The number of benzene rings is 2. The molecular weight excluding hydrogens is 347 g/mol. The van der Waals surface area contributed by atoms with Crippen molar-refractivity contribution in [3.05, 3.63) is 69.2 Å². The van der Waals surface area contributed by atoms with Crippen LogP contribution in [0.5, 0.6) is 0 Å². The number of hydrogen-bond acceptors (Lipinski definition) is 3. The van der Waals surface area contributed by atoms with E-state index >= 15 is 0 Å². The lowest BCUT2D eigenvalue weighted by Crippen LogP contribution is -2.22. The van der Waals surface area contributed by atoms with Crippen molar-refractivity contribution >= 4 is 34.3 Å². The van der Waals surface area contributed by atoms with Gasteiger partial charge >= 0.3 is 0 Å². The van der Waals surface area contributed by atoms with Gasteiger partial charge in [0.15, 0.2) is 5.16 Å². The first-order valence-corrected chi connectivity index (χ1v) is 9.08. The summed E-state index contributed by atoms with van der Waals surface area (Å²) in [5, 5.41) is 1.64. The highest BCUT2D eigenvalue weighted by Gasteiger charge is 2.28. The van der Waals surface area contributed by atoms with E-state index in [0.29, 0.717) is 32.4 Å². The standard InChI is InChI=1S/C18H14ClFN2OS/c19-14-5-3-6-15(20)13(14)10-24-18-21-16-7-2-1-4-12(16)17(23)22(18)11-8-9-11/h1-7,11H,8-10H2. The zero-order chi connectivity index (χ0) is 16.7. The second kappa shape index (κ2) is 6.22. The van der Waals surface area contributed by atoms with Crippen LogP contribution in [0.4, 0.5) is 4.39 Å². The number of aromatic nitrogens is 2. The zero-order valence-electron chi connectivity index (χ0n) is 12.7. The van der Waals surface area contributed by atoms with E-state index in [4.69, 9.17) is 11.6 Å². The van der Waals surface area contributed by atoms with Crippen molar-refractivity contribution in [2.75, 3.05) is 0 Å². The lowest BCUT2D eigenvalue weighted by atomic mass is 10.2. The Morgan fingerprint density at radius 3 is 2.75 bits per heavy atom. The highest BCUT2D eigenvalue weighted by molar-refractivity contribution is 7.98. The summed E-state index contributed by atoms with van der Waals surface area (Å²) in [5.74, 6) is -0.000621. The highest BCUT2D eigenvalue weighted by atomic mass is 35.5. The normalized spacial score (nSPS) is 14.2. The molecule has 0 radical (unpaired) electrons. The van der Waals surface area contributed by atoms with Crippen molar-refractivity contribution in [2.45, 2.75) is 29.8 Å². The van der Waals surface area contributed by atoms with Crippen LogP contribution in [0.2, 0.25) is 5.02 Å². The molecule has 24 heavy (non-hydrogen) atoms. The summed E-state index contributed by atoms with van der Waals surface area (Å²) in [4.78, 5) is 17.4. The predicted octanol–water partition coefficient (Wildman–Crippen LogP) is 4.82. The third kappa shape index (κ3) is 2.82. The molecule has 0 N–H and O–H groups in total. The van der Waals surface area contributed by atoms with Crippen LogP contribution in [0.15, 0.2) is 52.4 Å². The van der Waals surface area contributed by atoms with Crippen LogP contribution in [0.1, 0.15) is 24.4 Å². The molecule has 3 nitrogen and oxygen atoms in total. The van der Waals surface area contributed by atoms with E-state index in [0.717, 1.165) is 12.8 Å². The first-order chi connectivity index (χ1) is 11.6. The van der Waals surface area contributed by atoms with Crippen LogP contribution in [0.3, 0.4) is 0 Å². The number of hydrogen-bond donors (Lipinski definition) is 0. The van der Waals surface area contributed by atoms with Crippen LogP contribution in [0, 0.1) is 5.82 Å². The third-order valence-corrected chi connectivity index (χ3v) is 5.43. The summed E-state index contributed by atoms with van der Waals surface area (Å²) < 4.78 is 15.7. The fraction of sp³-hybridized carbons (Fsp3) is 0.222. The van der Waals surface area contributed by atoms with Gasteiger partial charge in [-0.05, 0) is 37.1 Å². The number of nitrogens with zero attached hydrogens (tertiary/aromatic N) is 2. The van der Waals surface area contributed by atoms with Crippen molar-refractivity contribution in [1.29, 1.82) is 0 Å². The topological polar surface area (TPSA) is 34.9 Å². The molecule has 1 aliphatic carbocycles. The maximum atomic E-state index is 14.0. The van der Waals surface area contributed by atoms with Crippen LogP contribution in [-0.2, 0) is 5.75 Å². The number of thioether (sulfide) groups is 1. The van der Waals surface area contributed by atoms with Crippen molar-refractivity contribution in [1.82, 2.24) is 9.55 Å². The number of fused-ring (bicyclic) bond motifs is 1. The molecule has 1 heterocycles. The van der Waals surface area contributed by atoms with E-state index in [-0.39, 0.29) is 17.4 Å². The SMILES string of the molecule is O=c1c2ccccc2nc(SCc2c(F)cccc2Cl)n1C1CC1. The molecule has 1 saturated carbocycles. The van der Waals surface area contributed by atoms with Crippen LogP contribution in [0.25, 0.3) is 10.9 Å². The van der Waals surface area contributed by atoms with Crippen molar-refractivity contribution in [3.8, 4) is 0 Å². The summed E-state index contributed by atoms with van der Waals surface area (Å²) >= 11 is 7.45. The summed E-state index contributed by atoms with van der Waals surface area (Å²) in [6.45, 7) is 0. The summed E-state index contributed by atoms with van der Waals surface area (Å²) in [6, 6.07) is 12.2. The molecule has 1 aliphatic rings. The first-order valence-electron chi connectivity index (χ1n) is 7.72. The minimum absolute atomic E-state index is 0.0229. The average molecular weight is 361 g/mol. The lowest BCUT2D eigenvalue weighted by Gasteiger charge is -2.13. The lowest BCUT2D eigenvalue weighted by molar-refractivity contribution is 0.612. The Labute approximate surface area is 147 Å². The van der Waals surface area contributed by atoms with E-state index in [1.54, 1.807) is 22.8 Å². The van der Waals surface area contributed by atoms with Crippen LogP contribution >= 0.6 is 23.4 Å². The zero-order valence-corrected chi connectivity index (χ0v) is 14.3. The second-order valence-corrected chi connectivity index (χ2v) is 7.16. The van der Waals surface area contributed by atoms with Gasteiger partial charge in [-0.2, -0.15) is 0 Å². The summed E-state index contributed by atoms with van der Waals surface area (Å²) in [7, 11) is 0. The molecule has 3 aromatic rings. The number of para-hydroxylation sites is 1. The van der Waals surface area contributed by atoms with Gasteiger partial charge in [-0.3, -0.25) is 9.36 Å². The highest BCUT2D eigenvalue weighted by Crippen LogP contribution is 2.38. The molecule has 1 aromatic heterocycles. The fourth-order valence-corrected chi connectivity index (χ4v) is 4.10. The van der Waals surface area contributed by atoms with Gasteiger partial charge < -0.3 is 0 Å². The predicted molar refractivity (Wildman–Crippen MR) is 95.2 cm³/mol. The molecule has 1 fully saturated rings. The van der Waals surface area contributed by atoms with Gasteiger partial charge in [0.05, 0.1) is 10.9 Å².